The highest BCUT2D eigenvalue weighted by Crippen LogP contribution is 2.33. The Kier molecular flexibility index (Phi) is 3.81. The number of aromatic nitrogens is 3. The number of carbonyl (C=O) groups excluding carboxylic acids is 1. The molecule has 1 fully saturated rings. The first-order chi connectivity index (χ1) is 10.5. The third-order valence-corrected chi connectivity index (χ3v) is 4.74. The molecular formula is C17H24N4O. The second kappa shape index (κ2) is 5.63. The van der Waals surface area contributed by atoms with Crippen molar-refractivity contribution < 1.29 is 4.79 Å². The van der Waals surface area contributed by atoms with Crippen LogP contribution in [0.5, 0.6) is 0 Å². The topological polar surface area (TPSA) is 43.1 Å². The minimum absolute atomic E-state index is 0.152. The van der Waals surface area contributed by atoms with E-state index in [9.17, 15) is 4.79 Å². The molecule has 3 rings (SSSR count). The Morgan fingerprint density at radius 2 is 2.18 bits per heavy atom. The number of hydrogen-bond donors (Lipinski definition) is 0. The Balaban J connectivity index is 1.91. The molecule has 1 saturated heterocycles. The molecule has 1 aliphatic heterocycles. The molecule has 2 aromatic heterocycles. The van der Waals surface area contributed by atoms with E-state index < -0.39 is 0 Å². The van der Waals surface area contributed by atoms with Crippen LogP contribution in [0.3, 0.4) is 0 Å². The molecule has 5 heteroatoms. The van der Waals surface area contributed by atoms with Gasteiger partial charge in [-0.05, 0) is 39.7 Å². The van der Waals surface area contributed by atoms with E-state index >= 15 is 0 Å². The maximum Gasteiger partial charge on any atom is 0.256 e. The van der Waals surface area contributed by atoms with Crippen LogP contribution in [0, 0.1) is 13.8 Å². The zero-order chi connectivity index (χ0) is 15.9. The molecule has 3 heterocycles. The molecule has 0 bridgehead atoms. The van der Waals surface area contributed by atoms with Crippen molar-refractivity contribution in [3.05, 3.63) is 41.0 Å². The van der Waals surface area contributed by atoms with Crippen LogP contribution in [0.4, 0.5) is 0 Å². The summed E-state index contributed by atoms with van der Waals surface area (Å²) in [6.07, 6.45) is 5.97. The molecule has 0 aromatic carbocycles. The molecule has 1 aliphatic rings. The quantitative estimate of drug-likeness (QED) is 0.875. The SMILES string of the molecule is CCn1c(C)cc(C(=O)N2CCC[C@@H]2c2cnn(C)c2)c1C. The second-order valence-corrected chi connectivity index (χ2v) is 6.13. The van der Waals surface area contributed by atoms with Gasteiger partial charge < -0.3 is 9.47 Å². The van der Waals surface area contributed by atoms with Crippen molar-refractivity contribution in [2.24, 2.45) is 7.05 Å². The lowest BCUT2D eigenvalue weighted by atomic mass is 10.1. The first kappa shape index (κ1) is 14.9. The fourth-order valence-corrected chi connectivity index (χ4v) is 3.63. The van der Waals surface area contributed by atoms with Gasteiger partial charge in [0.05, 0.1) is 17.8 Å². The number of carbonyl (C=O) groups is 1. The number of amides is 1. The van der Waals surface area contributed by atoms with Gasteiger partial charge in [0.2, 0.25) is 0 Å². The minimum Gasteiger partial charge on any atom is -0.349 e. The van der Waals surface area contributed by atoms with Crippen LogP contribution < -0.4 is 0 Å². The van der Waals surface area contributed by atoms with E-state index in [2.05, 4.69) is 23.5 Å². The third-order valence-electron chi connectivity index (χ3n) is 4.74. The summed E-state index contributed by atoms with van der Waals surface area (Å²) in [6.45, 7) is 7.95. The summed E-state index contributed by atoms with van der Waals surface area (Å²) in [6, 6.07) is 2.19. The van der Waals surface area contributed by atoms with E-state index in [1.807, 2.05) is 37.3 Å². The van der Waals surface area contributed by atoms with Gasteiger partial charge in [0, 0.05) is 43.3 Å². The van der Waals surface area contributed by atoms with E-state index in [1.54, 1.807) is 4.68 Å². The van der Waals surface area contributed by atoms with Crippen LogP contribution in [0.1, 0.15) is 53.1 Å². The molecular weight excluding hydrogens is 276 g/mol. The monoisotopic (exact) mass is 300 g/mol. The van der Waals surface area contributed by atoms with Crippen molar-refractivity contribution in [2.45, 2.75) is 46.2 Å². The van der Waals surface area contributed by atoms with Crippen molar-refractivity contribution >= 4 is 5.91 Å². The van der Waals surface area contributed by atoms with Crippen LogP contribution in [0.25, 0.3) is 0 Å². The largest absolute Gasteiger partial charge is 0.349 e. The van der Waals surface area contributed by atoms with Gasteiger partial charge in [0.15, 0.2) is 0 Å². The van der Waals surface area contributed by atoms with Crippen molar-refractivity contribution in [1.82, 2.24) is 19.2 Å². The summed E-state index contributed by atoms with van der Waals surface area (Å²) in [5.74, 6) is 0.152. The summed E-state index contributed by atoms with van der Waals surface area (Å²) in [4.78, 5) is 15.0. The van der Waals surface area contributed by atoms with Gasteiger partial charge in [-0.3, -0.25) is 9.48 Å². The number of rotatable bonds is 3. The smallest absolute Gasteiger partial charge is 0.256 e. The Morgan fingerprint density at radius 3 is 2.77 bits per heavy atom. The van der Waals surface area contributed by atoms with Crippen molar-refractivity contribution in [3.8, 4) is 0 Å². The predicted molar refractivity (Wildman–Crippen MR) is 85.8 cm³/mol. The lowest BCUT2D eigenvalue weighted by molar-refractivity contribution is 0.0734. The average molecular weight is 300 g/mol. The number of nitrogens with zero attached hydrogens (tertiary/aromatic N) is 4. The number of likely N-dealkylation sites (tertiary alicyclic amines) is 1. The van der Waals surface area contributed by atoms with Crippen LogP contribution in [-0.2, 0) is 13.6 Å². The van der Waals surface area contributed by atoms with E-state index in [0.717, 1.165) is 48.4 Å². The Labute approximate surface area is 131 Å². The average Bonchev–Trinajstić information content (AvgIpc) is 3.17. The molecule has 0 spiro atoms. The second-order valence-electron chi connectivity index (χ2n) is 6.13. The zero-order valence-corrected chi connectivity index (χ0v) is 13.8. The molecule has 0 N–H and O–H groups in total. The van der Waals surface area contributed by atoms with E-state index in [1.165, 1.54) is 0 Å². The molecule has 1 amide bonds. The molecule has 118 valence electrons. The number of aryl methyl sites for hydroxylation is 2. The Morgan fingerprint density at radius 1 is 1.41 bits per heavy atom. The molecule has 2 aromatic rings. The van der Waals surface area contributed by atoms with Gasteiger partial charge in [-0.15, -0.1) is 0 Å². The van der Waals surface area contributed by atoms with Gasteiger partial charge in [-0.2, -0.15) is 5.10 Å². The fourth-order valence-electron chi connectivity index (χ4n) is 3.63. The zero-order valence-electron chi connectivity index (χ0n) is 13.8. The summed E-state index contributed by atoms with van der Waals surface area (Å²) >= 11 is 0. The van der Waals surface area contributed by atoms with Crippen LogP contribution in [0.15, 0.2) is 18.5 Å². The van der Waals surface area contributed by atoms with E-state index in [4.69, 9.17) is 0 Å². The van der Waals surface area contributed by atoms with Gasteiger partial charge in [0.25, 0.3) is 5.91 Å². The summed E-state index contributed by atoms with van der Waals surface area (Å²) < 4.78 is 4.00. The first-order valence-corrected chi connectivity index (χ1v) is 7.99. The molecule has 22 heavy (non-hydrogen) atoms. The predicted octanol–water partition coefficient (Wildman–Crippen LogP) is 2.84. The van der Waals surface area contributed by atoms with E-state index in [0.29, 0.717) is 0 Å². The standard InChI is InChI=1S/C17H24N4O/c1-5-20-12(2)9-15(13(20)3)17(22)21-8-6-7-16(21)14-10-18-19(4)11-14/h9-11,16H,5-8H2,1-4H3/t16-/m1/s1. The highest BCUT2D eigenvalue weighted by atomic mass is 16.2. The third kappa shape index (κ3) is 2.34. The molecule has 0 unspecified atom stereocenters. The van der Waals surface area contributed by atoms with Crippen LogP contribution >= 0.6 is 0 Å². The summed E-state index contributed by atoms with van der Waals surface area (Å²) in [5, 5.41) is 4.25. The normalized spacial score (nSPS) is 18.2. The van der Waals surface area contributed by atoms with Crippen LogP contribution in [-0.4, -0.2) is 31.7 Å². The molecule has 0 aliphatic carbocycles. The molecule has 0 saturated carbocycles. The summed E-state index contributed by atoms with van der Waals surface area (Å²) in [7, 11) is 1.92. The van der Waals surface area contributed by atoms with Gasteiger partial charge in [-0.25, -0.2) is 0 Å². The molecule has 1 atom stereocenters. The maximum atomic E-state index is 13.0. The van der Waals surface area contributed by atoms with Gasteiger partial charge >= 0.3 is 0 Å². The Bertz CT molecular complexity index is 698. The van der Waals surface area contributed by atoms with Gasteiger partial charge in [-0.1, -0.05) is 0 Å². The number of hydrogen-bond acceptors (Lipinski definition) is 2. The fraction of sp³-hybridized carbons (Fsp3) is 0.529. The Hall–Kier alpha value is -2.04. The minimum atomic E-state index is 0.152. The highest BCUT2D eigenvalue weighted by Gasteiger charge is 2.32. The van der Waals surface area contributed by atoms with Gasteiger partial charge in [0.1, 0.15) is 0 Å². The summed E-state index contributed by atoms with van der Waals surface area (Å²) in [5.41, 5.74) is 4.20. The van der Waals surface area contributed by atoms with Crippen molar-refractivity contribution in [3.63, 3.8) is 0 Å². The van der Waals surface area contributed by atoms with Crippen LogP contribution in [0.2, 0.25) is 0 Å². The lowest BCUT2D eigenvalue weighted by Crippen LogP contribution is -2.30. The molecule has 5 nitrogen and oxygen atoms in total. The first-order valence-electron chi connectivity index (χ1n) is 7.99. The highest BCUT2D eigenvalue weighted by molar-refractivity contribution is 5.96. The lowest BCUT2D eigenvalue weighted by Gasteiger charge is -2.24. The van der Waals surface area contributed by atoms with Crippen molar-refractivity contribution in [1.29, 1.82) is 0 Å². The van der Waals surface area contributed by atoms with Crippen molar-refractivity contribution in [2.75, 3.05) is 6.54 Å². The maximum absolute atomic E-state index is 13.0. The molecule has 0 radical (unpaired) electrons. The van der Waals surface area contributed by atoms with E-state index in [-0.39, 0.29) is 11.9 Å².